The third-order valence-corrected chi connectivity index (χ3v) is 3.95. The van der Waals surface area contributed by atoms with Crippen LogP contribution in [0.25, 0.3) is 11.2 Å². The van der Waals surface area contributed by atoms with Crippen LogP contribution >= 0.6 is 0 Å². The zero-order valence-electron chi connectivity index (χ0n) is 15.2. The summed E-state index contributed by atoms with van der Waals surface area (Å²) < 4.78 is 0. The van der Waals surface area contributed by atoms with Gasteiger partial charge in [-0.25, -0.2) is 9.97 Å². The molecule has 3 rings (SSSR count). The number of nitrogens with two attached hydrogens (primary N) is 1. The molecule has 2 aromatic heterocycles. The van der Waals surface area contributed by atoms with E-state index in [1.807, 2.05) is 0 Å². The summed E-state index contributed by atoms with van der Waals surface area (Å²) >= 11 is 0. The molecule has 0 aliphatic heterocycles. The highest BCUT2D eigenvalue weighted by molar-refractivity contribution is 5.96. The Morgan fingerprint density at radius 2 is 1.93 bits per heavy atom. The number of Topliss-reactive ketones (excluding diaryl/α,β-unsaturated/α-hetero) is 1. The smallest absolute Gasteiger partial charge is 0.280 e. The maximum absolute atomic E-state index is 12.0. The molecule has 28 heavy (non-hydrogen) atoms. The van der Waals surface area contributed by atoms with E-state index < -0.39 is 5.56 Å². The van der Waals surface area contributed by atoms with Crippen molar-refractivity contribution < 1.29 is 9.59 Å². The number of nitrogens with zero attached hydrogens (tertiary/aromatic N) is 3. The van der Waals surface area contributed by atoms with Crippen LogP contribution in [0.1, 0.15) is 29.4 Å². The maximum atomic E-state index is 12.0. The second-order valence-electron chi connectivity index (χ2n) is 5.99. The summed E-state index contributed by atoms with van der Waals surface area (Å²) in [5.41, 5.74) is 7.08. The van der Waals surface area contributed by atoms with Crippen molar-refractivity contribution >= 4 is 34.5 Å². The molecule has 2 heterocycles. The highest BCUT2D eigenvalue weighted by Crippen LogP contribution is 2.11. The van der Waals surface area contributed by atoms with Gasteiger partial charge in [0.1, 0.15) is 0 Å². The van der Waals surface area contributed by atoms with Crippen molar-refractivity contribution in [1.82, 2.24) is 25.3 Å². The first kappa shape index (κ1) is 19.0. The lowest BCUT2D eigenvalue weighted by Gasteiger charge is -2.08. The van der Waals surface area contributed by atoms with E-state index in [1.165, 1.54) is 6.20 Å². The van der Waals surface area contributed by atoms with Crippen molar-refractivity contribution in [3.8, 4) is 0 Å². The van der Waals surface area contributed by atoms with E-state index in [0.717, 1.165) is 5.69 Å². The summed E-state index contributed by atoms with van der Waals surface area (Å²) in [6.45, 7) is 2.09. The number of nitrogens with one attached hydrogen (secondary N) is 3. The van der Waals surface area contributed by atoms with E-state index in [2.05, 4.69) is 30.6 Å². The molecule has 0 fully saturated rings. The average Bonchev–Trinajstić information content (AvgIpc) is 2.70. The van der Waals surface area contributed by atoms with E-state index in [1.54, 1.807) is 31.2 Å². The van der Waals surface area contributed by atoms with Gasteiger partial charge in [0.25, 0.3) is 11.5 Å². The van der Waals surface area contributed by atoms with Gasteiger partial charge in [0.2, 0.25) is 5.95 Å². The minimum Gasteiger partial charge on any atom is -0.379 e. The Labute approximate surface area is 159 Å². The van der Waals surface area contributed by atoms with E-state index in [-0.39, 0.29) is 35.3 Å². The van der Waals surface area contributed by atoms with Gasteiger partial charge in [-0.1, -0.05) is 6.92 Å². The van der Waals surface area contributed by atoms with Gasteiger partial charge in [-0.15, -0.1) is 0 Å². The van der Waals surface area contributed by atoms with Crippen molar-refractivity contribution in [3.05, 3.63) is 52.1 Å². The fourth-order valence-electron chi connectivity index (χ4n) is 2.39. The van der Waals surface area contributed by atoms with Crippen molar-refractivity contribution in [2.24, 2.45) is 0 Å². The minimum atomic E-state index is -0.450. The lowest BCUT2D eigenvalue weighted by atomic mass is 10.2. The largest absolute Gasteiger partial charge is 0.379 e. The van der Waals surface area contributed by atoms with Gasteiger partial charge < -0.3 is 16.4 Å². The highest BCUT2D eigenvalue weighted by atomic mass is 16.2. The first-order valence-electron chi connectivity index (χ1n) is 8.61. The van der Waals surface area contributed by atoms with Crippen LogP contribution in [0.3, 0.4) is 0 Å². The van der Waals surface area contributed by atoms with Gasteiger partial charge in [-0.2, -0.15) is 4.98 Å². The molecule has 1 amide bonds. The summed E-state index contributed by atoms with van der Waals surface area (Å²) in [4.78, 5) is 49.8. The molecule has 0 aliphatic rings. The normalized spacial score (nSPS) is 10.6. The van der Waals surface area contributed by atoms with Crippen LogP contribution in [-0.4, -0.2) is 38.2 Å². The Hall–Kier alpha value is -3.82. The number of hydrogen-bond acceptors (Lipinski definition) is 8. The number of aromatic amines is 1. The van der Waals surface area contributed by atoms with Gasteiger partial charge in [0, 0.05) is 17.7 Å². The first-order valence-corrected chi connectivity index (χ1v) is 8.61. The number of aromatic nitrogens is 4. The molecule has 10 heteroatoms. The first-order chi connectivity index (χ1) is 13.5. The Kier molecular flexibility index (Phi) is 5.58. The van der Waals surface area contributed by atoms with Crippen LogP contribution in [0.2, 0.25) is 0 Å². The molecular weight excluding hydrogens is 362 g/mol. The molecule has 144 valence electrons. The fourth-order valence-corrected chi connectivity index (χ4v) is 2.39. The fraction of sp³-hybridized carbons (Fsp3) is 0.222. The molecule has 0 atom stereocenters. The number of nitrogen functional groups attached to an aromatic ring is 1. The third-order valence-electron chi connectivity index (χ3n) is 3.95. The predicted octanol–water partition coefficient (Wildman–Crippen LogP) is 0.616. The zero-order valence-corrected chi connectivity index (χ0v) is 15.2. The van der Waals surface area contributed by atoms with Crippen molar-refractivity contribution in [2.75, 3.05) is 17.6 Å². The standard InChI is InChI=1S/C18H19N7O3/c1-2-13(26)9-22-16(27)10-3-5-11(6-4-10)20-7-12-8-21-15-14(23-12)17(28)25-18(19)24-15/h3-6,8,20H,2,7,9H2,1H3,(H,22,27)(H3,19,21,24,25,28). The number of fused-ring (bicyclic) bond motifs is 1. The molecule has 0 saturated heterocycles. The average molecular weight is 381 g/mol. The number of benzene rings is 1. The number of carbonyl (C=O) groups is 2. The number of rotatable bonds is 7. The zero-order chi connectivity index (χ0) is 20.1. The number of amides is 1. The van der Waals surface area contributed by atoms with Crippen LogP contribution in [0.15, 0.2) is 35.3 Å². The van der Waals surface area contributed by atoms with Gasteiger partial charge >= 0.3 is 0 Å². The lowest BCUT2D eigenvalue weighted by Crippen LogP contribution is -2.29. The molecule has 0 unspecified atom stereocenters. The van der Waals surface area contributed by atoms with Gasteiger partial charge in [-0.05, 0) is 24.3 Å². The summed E-state index contributed by atoms with van der Waals surface area (Å²) in [7, 11) is 0. The molecule has 0 saturated carbocycles. The highest BCUT2D eigenvalue weighted by Gasteiger charge is 2.08. The monoisotopic (exact) mass is 381 g/mol. The molecule has 0 bridgehead atoms. The molecule has 5 N–H and O–H groups in total. The number of H-pyrrole nitrogens is 1. The maximum Gasteiger partial charge on any atom is 0.280 e. The number of ketones is 1. The number of hydrogen-bond donors (Lipinski definition) is 4. The van der Waals surface area contributed by atoms with E-state index in [9.17, 15) is 14.4 Å². The summed E-state index contributed by atoms with van der Waals surface area (Å²) in [6.07, 6.45) is 1.89. The van der Waals surface area contributed by atoms with E-state index in [4.69, 9.17) is 5.73 Å². The molecule has 0 aliphatic carbocycles. The minimum absolute atomic E-state index is 0.0131. The number of carbonyl (C=O) groups excluding carboxylic acids is 2. The van der Waals surface area contributed by atoms with E-state index in [0.29, 0.717) is 24.2 Å². The van der Waals surface area contributed by atoms with E-state index >= 15 is 0 Å². The molecule has 0 radical (unpaired) electrons. The number of anilines is 2. The molecule has 0 spiro atoms. The van der Waals surface area contributed by atoms with Crippen molar-refractivity contribution in [3.63, 3.8) is 0 Å². The predicted molar refractivity (Wildman–Crippen MR) is 104 cm³/mol. The Balaban J connectivity index is 1.63. The van der Waals surface area contributed by atoms with Crippen LogP contribution < -0.4 is 21.9 Å². The van der Waals surface area contributed by atoms with Crippen molar-refractivity contribution in [1.29, 1.82) is 0 Å². The second kappa shape index (κ2) is 8.25. The van der Waals surface area contributed by atoms with Crippen LogP contribution in [0.5, 0.6) is 0 Å². The Morgan fingerprint density at radius 1 is 1.18 bits per heavy atom. The SMILES string of the molecule is CCC(=O)CNC(=O)c1ccc(NCc2cnc3nc(N)[nH]c(=O)c3n2)cc1. The van der Waals surface area contributed by atoms with Gasteiger partial charge in [0.05, 0.1) is 25.0 Å². The summed E-state index contributed by atoms with van der Waals surface area (Å²) in [5.74, 6) is -0.347. The van der Waals surface area contributed by atoms with Crippen molar-refractivity contribution in [2.45, 2.75) is 19.9 Å². The second-order valence-corrected chi connectivity index (χ2v) is 5.99. The van der Waals surface area contributed by atoms with Gasteiger partial charge in [0.15, 0.2) is 16.9 Å². The summed E-state index contributed by atoms with van der Waals surface area (Å²) in [6, 6.07) is 6.77. The molecule has 3 aromatic rings. The molecule has 10 nitrogen and oxygen atoms in total. The Morgan fingerprint density at radius 3 is 2.64 bits per heavy atom. The summed E-state index contributed by atoms with van der Waals surface area (Å²) in [5, 5.41) is 5.71. The van der Waals surface area contributed by atoms with Crippen LogP contribution in [-0.2, 0) is 11.3 Å². The topological polar surface area (TPSA) is 156 Å². The molecular formula is C18H19N7O3. The molecule has 1 aromatic carbocycles. The van der Waals surface area contributed by atoms with Crippen LogP contribution in [0.4, 0.5) is 11.6 Å². The lowest BCUT2D eigenvalue weighted by molar-refractivity contribution is -0.117. The quantitative estimate of drug-likeness (QED) is 0.464. The third kappa shape index (κ3) is 4.47. The van der Waals surface area contributed by atoms with Crippen LogP contribution in [0, 0.1) is 0 Å². The Bertz CT molecular complexity index is 1080. The van der Waals surface area contributed by atoms with Gasteiger partial charge in [-0.3, -0.25) is 19.4 Å².